The van der Waals surface area contributed by atoms with Crippen molar-refractivity contribution in [2.24, 2.45) is 0 Å². The Labute approximate surface area is 80.7 Å². The molecule has 1 aromatic rings. The van der Waals surface area contributed by atoms with Gasteiger partial charge in [-0.3, -0.25) is 4.98 Å². The number of aliphatic hydroxyl groups is 2. The van der Waals surface area contributed by atoms with E-state index in [9.17, 15) is 9.90 Å². The van der Waals surface area contributed by atoms with Gasteiger partial charge < -0.3 is 15.3 Å². The van der Waals surface area contributed by atoms with Crippen LogP contribution in [0.25, 0.3) is 0 Å². The summed E-state index contributed by atoms with van der Waals surface area (Å²) in [6.45, 7) is 1.68. The van der Waals surface area contributed by atoms with Crippen LogP contribution in [0.3, 0.4) is 0 Å². The number of pyridine rings is 1. The number of carboxylic acid groups (broad SMARTS) is 1. The highest BCUT2D eigenvalue weighted by molar-refractivity contribution is 5.73. The zero-order chi connectivity index (χ0) is 10.7. The number of aliphatic carboxylic acids is 1. The summed E-state index contributed by atoms with van der Waals surface area (Å²) in [4.78, 5) is 14.2. The van der Waals surface area contributed by atoms with Crippen LogP contribution >= 0.6 is 0 Å². The van der Waals surface area contributed by atoms with Gasteiger partial charge in [-0.05, 0) is 18.6 Å². The third-order valence-corrected chi connectivity index (χ3v) is 1.88. The van der Waals surface area contributed by atoms with Crippen molar-refractivity contribution in [3.63, 3.8) is 0 Å². The van der Waals surface area contributed by atoms with Crippen molar-refractivity contribution in [2.45, 2.75) is 19.1 Å². The van der Waals surface area contributed by atoms with Crippen LogP contribution in [0, 0.1) is 6.92 Å². The molecule has 0 saturated heterocycles. The van der Waals surface area contributed by atoms with Crippen molar-refractivity contribution in [1.82, 2.24) is 4.98 Å². The molecule has 0 spiro atoms. The maximum Gasteiger partial charge on any atom is 0.335 e. The minimum atomic E-state index is -1.84. The van der Waals surface area contributed by atoms with Gasteiger partial charge in [-0.25, -0.2) is 4.79 Å². The Morgan fingerprint density at radius 3 is 2.64 bits per heavy atom. The summed E-state index contributed by atoms with van der Waals surface area (Å²) in [5.41, 5.74) is 0.822. The Morgan fingerprint density at radius 2 is 2.14 bits per heavy atom. The molecule has 0 aromatic carbocycles. The molecule has 0 radical (unpaired) electrons. The average Bonchev–Trinajstić information content (AvgIpc) is 2.16. The quantitative estimate of drug-likeness (QED) is 0.627. The lowest BCUT2D eigenvalue weighted by atomic mass is 10.1. The van der Waals surface area contributed by atoms with Gasteiger partial charge in [0, 0.05) is 6.20 Å². The molecular weight excluding hydrogens is 186 g/mol. The van der Waals surface area contributed by atoms with E-state index in [0.717, 1.165) is 0 Å². The molecule has 0 aliphatic carbocycles. The number of aryl methyl sites for hydroxylation is 1. The van der Waals surface area contributed by atoms with Crippen molar-refractivity contribution < 1.29 is 20.1 Å². The van der Waals surface area contributed by atoms with Gasteiger partial charge in [0.25, 0.3) is 0 Å². The lowest BCUT2D eigenvalue weighted by Crippen LogP contribution is -2.28. The summed E-state index contributed by atoms with van der Waals surface area (Å²) in [5.74, 6) is -1.47. The van der Waals surface area contributed by atoms with Gasteiger partial charge in [0.05, 0.1) is 5.69 Å². The minimum absolute atomic E-state index is 0.183. The van der Waals surface area contributed by atoms with Crippen LogP contribution in [0.5, 0.6) is 0 Å². The lowest BCUT2D eigenvalue weighted by molar-refractivity contribution is -0.153. The number of nitrogens with zero attached hydrogens (tertiary/aromatic N) is 1. The van der Waals surface area contributed by atoms with Gasteiger partial charge in [0.15, 0.2) is 6.10 Å². The second-order valence-electron chi connectivity index (χ2n) is 2.93. The molecule has 0 fully saturated rings. The first-order valence-corrected chi connectivity index (χ1v) is 4.04. The van der Waals surface area contributed by atoms with Crippen molar-refractivity contribution in [3.05, 3.63) is 29.6 Å². The predicted octanol–water partition coefficient (Wildman–Crippen LogP) is -0.131. The van der Waals surface area contributed by atoms with E-state index < -0.39 is 18.2 Å². The van der Waals surface area contributed by atoms with E-state index in [2.05, 4.69) is 4.98 Å². The SMILES string of the molecule is Cc1cccnc1C(O)C(O)C(=O)O. The van der Waals surface area contributed by atoms with E-state index in [4.69, 9.17) is 10.2 Å². The Kier molecular flexibility index (Phi) is 3.16. The molecule has 1 rings (SSSR count). The molecular formula is C9H11NO4. The van der Waals surface area contributed by atoms with E-state index in [0.29, 0.717) is 5.56 Å². The molecule has 5 nitrogen and oxygen atoms in total. The third-order valence-electron chi connectivity index (χ3n) is 1.88. The largest absolute Gasteiger partial charge is 0.479 e. The van der Waals surface area contributed by atoms with Gasteiger partial charge in [-0.1, -0.05) is 6.07 Å². The number of rotatable bonds is 3. The highest BCUT2D eigenvalue weighted by Gasteiger charge is 2.26. The van der Waals surface area contributed by atoms with Gasteiger partial charge >= 0.3 is 5.97 Å². The topological polar surface area (TPSA) is 90.7 Å². The zero-order valence-electron chi connectivity index (χ0n) is 7.58. The Morgan fingerprint density at radius 1 is 1.50 bits per heavy atom. The average molecular weight is 197 g/mol. The first kappa shape index (κ1) is 10.6. The number of hydrogen-bond donors (Lipinski definition) is 3. The molecule has 2 atom stereocenters. The summed E-state index contributed by atoms with van der Waals surface area (Å²) in [6.07, 6.45) is -1.91. The third kappa shape index (κ3) is 2.07. The summed E-state index contributed by atoms with van der Waals surface area (Å²) >= 11 is 0. The van der Waals surface area contributed by atoms with Gasteiger partial charge in [-0.2, -0.15) is 0 Å². The van der Waals surface area contributed by atoms with E-state index in [-0.39, 0.29) is 5.69 Å². The van der Waals surface area contributed by atoms with Crippen LogP contribution in [-0.2, 0) is 4.79 Å². The van der Waals surface area contributed by atoms with Crippen LogP contribution in [0.4, 0.5) is 0 Å². The predicted molar refractivity (Wildman–Crippen MR) is 47.6 cm³/mol. The maximum atomic E-state index is 10.4. The fourth-order valence-electron chi connectivity index (χ4n) is 1.09. The molecule has 76 valence electrons. The molecule has 5 heteroatoms. The van der Waals surface area contributed by atoms with E-state index in [1.165, 1.54) is 6.20 Å². The number of aromatic nitrogens is 1. The van der Waals surface area contributed by atoms with E-state index >= 15 is 0 Å². The van der Waals surface area contributed by atoms with Gasteiger partial charge in [0.2, 0.25) is 0 Å². The van der Waals surface area contributed by atoms with Gasteiger partial charge in [-0.15, -0.1) is 0 Å². The van der Waals surface area contributed by atoms with Crippen LogP contribution in [-0.4, -0.2) is 32.4 Å². The summed E-state index contributed by atoms with van der Waals surface area (Å²) in [5, 5.41) is 27.0. The molecule has 3 N–H and O–H groups in total. The summed E-state index contributed by atoms with van der Waals surface area (Å²) in [7, 11) is 0. The Bertz CT molecular complexity index is 339. The number of carboxylic acids is 1. The highest BCUT2D eigenvalue weighted by atomic mass is 16.4. The monoisotopic (exact) mass is 197 g/mol. The molecule has 0 amide bonds. The summed E-state index contributed by atoms with van der Waals surface area (Å²) < 4.78 is 0. The molecule has 0 saturated carbocycles. The Hall–Kier alpha value is -1.46. The van der Waals surface area contributed by atoms with Crippen LogP contribution in [0.1, 0.15) is 17.4 Å². The number of aliphatic hydroxyl groups excluding tert-OH is 2. The smallest absolute Gasteiger partial charge is 0.335 e. The van der Waals surface area contributed by atoms with Crippen molar-refractivity contribution in [2.75, 3.05) is 0 Å². The fraction of sp³-hybridized carbons (Fsp3) is 0.333. The van der Waals surface area contributed by atoms with Gasteiger partial charge in [0.1, 0.15) is 6.10 Å². The number of carbonyl (C=O) groups is 1. The first-order chi connectivity index (χ1) is 6.54. The van der Waals surface area contributed by atoms with Crippen molar-refractivity contribution in [1.29, 1.82) is 0 Å². The van der Waals surface area contributed by atoms with E-state index in [1.807, 2.05) is 0 Å². The lowest BCUT2D eigenvalue weighted by Gasteiger charge is -2.14. The molecule has 0 aliphatic heterocycles. The highest BCUT2D eigenvalue weighted by Crippen LogP contribution is 2.17. The van der Waals surface area contributed by atoms with Crippen LogP contribution in [0.2, 0.25) is 0 Å². The minimum Gasteiger partial charge on any atom is -0.479 e. The number of hydrogen-bond acceptors (Lipinski definition) is 4. The maximum absolute atomic E-state index is 10.4. The molecule has 1 heterocycles. The second kappa shape index (κ2) is 4.17. The molecule has 0 aliphatic rings. The molecule has 1 aromatic heterocycles. The zero-order valence-corrected chi connectivity index (χ0v) is 7.58. The van der Waals surface area contributed by atoms with Crippen LogP contribution in [0.15, 0.2) is 18.3 Å². The standard InChI is InChI=1S/C9H11NO4/c1-5-3-2-4-10-6(5)7(11)8(12)9(13)14/h2-4,7-8,11-12H,1H3,(H,13,14). The van der Waals surface area contributed by atoms with Crippen molar-refractivity contribution >= 4 is 5.97 Å². The molecule has 14 heavy (non-hydrogen) atoms. The normalized spacial score (nSPS) is 14.8. The summed E-state index contributed by atoms with van der Waals surface area (Å²) in [6, 6.07) is 3.35. The van der Waals surface area contributed by atoms with Crippen molar-refractivity contribution in [3.8, 4) is 0 Å². The van der Waals surface area contributed by atoms with Crippen LogP contribution < -0.4 is 0 Å². The second-order valence-corrected chi connectivity index (χ2v) is 2.93. The van der Waals surface area contributed by atoms with E-state index in [1.54, 1.807) is 19.1 Å². The fourth-order valence-corrected chi connectivity index (χ4v) is 1.09. The molecule has 2 unspecified atom stereocenters. The Balaban J connectivity index is 2.94. The molecule has 0 bridgehead atoms. The first-order valence-electron chi connectivity index (χ1n) is 4.04.